The van der Waals surface area contributed by atoms with E-state index in [1.165, 1.54) is 16.2 Å². The second kappa shape index (κ2) is 8.16. The molecular weight excluding hydrogens is 390 g/mol. The minimum Gasteiger partial charge on any atom is -0.365 e. The van der Waals surface area contributed by atoms with Gasteiger partial charge in [-0.2, -0.15) is 0 Å². The summed E-state index contributed by atoms with van der Waals surface area (Å²) in [5, 5.41) is 6.76. The first-order valence-electron chi connectivity index (χ1n) is 8.28. The highest BCUT2D eigenvalue weighted by Crippen LogP contribution is 2.37. The normalized spacial score (nSPS) is 13.4. The van der Waals surface area contributed by atoms with E-state index in [0.717, 1.165) is 37.7 Å². The molecule has 136 valence electrons. The van der Waals surface area contributed by atoms with Crippen LogP contribution >= 0.6 is 35.2 Å². The molecule has 1 aliphatic carbocycles. The van der Waals surface area contributed by atoms with Crippen molar-refractivity contribution in [2.75, 3.05) is 5.32 Å². The van der Waals surface area contributed by atoms with Crippen LogP contribution in [0.15, 0.2) is 24.3 Å². The molecule has 0 unspecified atom stereocenters. The Hall–Kier alpha value is -1.96. The fourth-order valence-electron chi connectivity index (χ4n) is 3.03. The lowest BCUT2D eigenvalue weighted by Crippen LogP contribution is -2.34. The number of thiocarbonyl (C=S) groups is 1. The number of anilines is 1. The largest absolute Gasteiger partial charge is 0.365 e. The van der Waals surface area contributed by atoms with Gasteiger partial charge in [-0.15, -0.1) is 11.3 Å². The van der Waals surface area contributed by atoms with Crippen LogP contribution < -0.4 is 16.4 Å². The van der Waals surface area contributed by atoms with Crippen molar-refractivity contribution < 1.29 is 9.59 Å². The first-order chi connectivity index (χ1) is 12.5. The van der Waals surface area contributed by atoms with Gasteiger partial charge in [-0.1, -0.05) is 24.1 Å². The molecule has 3 rings (SSSR count). The number of hydrogen-bond acceptors (Lipinski definition) is 4. The van der Waals surface area contributed by atoms with Crippen LogP contribution in [-0.4, -0.2) is 16.9 Å². The van der Waals surface area contributed by atoms with Gasteiger partial charge in [0.15, 0.2) is 5.11 Å². The van der Waals surface area contributed by atoms with Crippen LogP contribution in [0, 0.1) is 0 Å². The molecule has 1 aromatic heterocycles. The zero-order valence-electron chi connectivity index (χ0n) is 13.9. The van der Waals surface area contributed by atoms with E-state index in [0.29, 0.717) is 21.2 Å². The summed E-state index contributed by atoms with van der Waals surface area (Å²) in [6.45, 7) is 0. The van der Waals surface area contributed by atoms with Crippen LogP contribution in [0.25, 0.3) is 0 Å². The first kappa shape index (κ1) is 18.8. The average Bonchev–Trinajstić information content (AvgIpc) is 2.76. The molecule has 0 radical (unpaired) electrons. The molecule has 26 heavy (non-hydrogen) atoms. The van der Waals surface area contributed by atoms with Crippen LogP contribution in [0.1, 0.15) is 50.4 Å². The Labute approximate surface area is 165 Å². The number of nitrogens with two attached hydrogens (primary N) is 1. The number of thiophene rings is 1. The molecule has 0 fully saturated rings. The van der Waals surface area contributed by atoms with Crippen molar-refractivity contribution >= 4 is 57.1 Å². The Balaban J connectivity index is 1.77. The second-order valence-corrected chi connectivity index (χ2v) is 8.00. The Morgan fingerprint density at radius 3 is 2.69 bits per heavy atom. The van der Waals surface area contributed by atoms with Crippen LogP contribution in [0.5, 0.6) is 0 Å². The highest BCUT2D eigenvalue weighted by atomic mass is 35.5. The number of amides is 2. The van der Waals surface area contributed by atoms with Crippen molar-refractivity contribution in [2.45, 2.75) is 32.1 Å². The van der Waals surface area contributed by atoms with Crippen molar-refractivity contribution in [3.63, 3.8) is 0 Å². The average molecular weight is 408 g/mol. The molecule has 0 spiro atoms. The van der Waals surface area contributed by atoms with Gasteiger partial charge in [0.1, 0.15) is 5.00 Å². The lowest BCUT2D eigenvalue weighted by Gasteiger charge is -2.10. The standard InChI is InChI=1S/C18H18ClN3O2S2/c19-11-6-4-5-10(9-11)16(24)21-18(25)22-17-14(15(20)23)12-7-2-1-3-8-13(12)26-17/h4-6,9H,1-3,7-8H2,(H2,20,23)(H2,21,22,24,25). The van der Waals surface area contributed by atoms with E-state index in [-0.39, 0.29) is 11.0 Å². The number of carbonyl (C=O) groups excluding carboxylic acids is 2. The van der Waals surface area contributed by atoms with Gasteiger partial charge in [-0.3, -0.25) is 14.9 Å². The molecule has 2 aromatic rings. The third-order valence-corrected chi connectivity index (χ3v) is 5.86. The molecule has 0 saturated carbocycles. The second-order valence-electron chi connectivity index (χ2n) is 6.05. The van der Waals surface area contributed by atoms with E-state index in [2.05, 4.69) is 10.6 Å². The van der Waals surface area contributed by atoms with Crippen molar-refractivity contribution in [3.8, 4) is 0 Å². The molecule has 8 heteroatoms. The van der Waals surface area contributed by atoms with Crippen molar-refractivity contribution in [3.05, 3.63) is 50.9 Å². The lowest BCUT2D eigenvalue weighted by molar-refractivity contribution is 0.0975. The number of fused-ring (bicyclic) bond motifs is 1. The Bertz CT molecular complexity index is 879. The molecule has 1 aromatic carbocycles. The predicted octanol–water partition coefficient (Wildman–Crippen LogP) is 3.90. The zero-order chi connectivity index (χ0) is 18.7. The van der Waals surface area contributed by atoms with Crippen molar-refractivity contribution in [2.24, 2.45) is 5.73 Å². The summed E-state index contributed by atoms with van der Waals surface area (Å²) >= 11 is 12.6. The number of primary amides is 1. The number of aryl methyl sites for hydroxylation is 1. The SMILES string of the molecule is NC(=O)c1c(NC(=S)NC(=O)c2cccc(Cl)c2)sc2c1CCCCC2. The van der Waals surface area contributed by atoms with Crippen LogP contribution in [0.3, 0.4) is 0 Å². The van der Waals surface area contributed by atoms with Crippen LogP contribution in [0.4, 0.5) is 5.00 Å². The van der Waals surface area contributed by atoms with Crippen LogP contribution in [-0.2, 0) is 12.8 Å². The Morgan fingerprint density at radius 1 is 1.19 bits per heavy atom. The third-order valence-electron chi connectivity index (χ3n) is 4.21. The van der Waals surface area contributed by atoms with Crippen LogP contribution in [0.2, 0.25) is 5.02 Å². The molecule has 1 heterocycles. The monoisotopic (exact) mass is 407 g/mol. The summed E-state index contributed by atoms with van der Waals surface area (Å²) in [6, 6.07) is 6.58. The number of halogens is 1. The molecule has 0 bridgehead atoms. The number of rotatable bonds is 3. The molecule has 0 saturated heterocycles. The minimum atomic E-state index is -0.476. The molecule has 0 aliphatic heterocycles. The number of hydrogen-bond donors (Lipinski definition) is 3. The van der Waals surface area contributed by atoms with E-state index >= 15 is 0 Å². The van der Waals surface area contributed by atoms with Gasteiger partial charge in [0.25, 0.3) is 11.8 Å². The van der Waals surface area contributed by atoms with Gasteiger partial charge in [0.2, 0.25) is 0 Å². The zero-order valence-corrected chi connectivity index (χ0v) is 16.3. The van der Waals surface area contributed by atoms with E-state index in [4.69, 9.17) is 29.6 Å². The quantitative estimate of drug-likeness (QED) is 0.532. The summed E-state index contributed by atoms with van der Waals surface area (Å²) in [5.74, 6) is -0.848. The molecule has 2 amide bonds. The first-order valence-corrected chi connectivity index (χ1v) is 9.88. The van der Waals surface area contributed by atoms with Gasteiger partial charge >= 0.3 is 0 Å². The van der Waals surface area contributed by atoms with Gasteiger partial charge in [0, 0.05) is 15.5 Å². The van der Waals surface area contributed by atoms with Crippen molar-refractivity contribution in [1.29, 1.82) is 0 Å². The number of nitrogens with one attached hydrogen (secondary N) is 2. The molecule has 1 aliphatic rings. The predicted molar refractivity (Wildman–Crippen MR) is 109 cm³/mol. The fraction of sp³-hybridized carbons (Fsp3) is 0.278. The highest BCUT2D eigenvalue weighted by Gasteiger charge is 2.24. The van der Waals surface area contributed by atoms with Gasteiger partial charge < -0.3 is 11.1 Å². The highest BCUT2D eigenvalue weighted by molar-refractivity contribution is 7.80. The topological polar surface area (TPSA) is 84.2 Å². The summed E-state index contributed by atoms with van der Waals surface area (Å²) in [7, 11) is 0. The smallest absolute Gasteiger partial charge is 0.257 e. The van der Waals surface area contributed by atoms with E-state index in [1.807, 2.05) is 0 Å². The molecular formula is C18H18ClN3O2S2. The maximum absolute atomic E-state index is 12.3. The maximum Gasteiger partial charge on any atom is 0.257 e. The van der Waals surface area contributed by atoms with E-state index in [1.54, 1.807) is 24.3 Å². The van der Waals surface area contributed by atoms with Gasteiger partial charge in [-0.25, -0.2) is 0 Å². The minimum absolute atomic E-state index is 0.119. The number of benzene rings is 1. The maximum atomic E-state index is 12.3. The molecule has 5 nitrogen and oxygen atoms in total. The molecule has 0 atom stereocenters. The van der Waals surface area contributed by atoms with E-state index < -0.39 is 5.91 Å². The van der Waals surface area contributed by atoms with Crippen molar-refractivity contribution in [1.82, 2.24) is 5.32 Å². The Kier molecular flexibility index (Phi) is 5.90. The Morgan fingerprint density at radius 2 is 1.96 bits per heavy atom. The summed E-state index contributed by atoms with van der Waals surface area (Å²) in [4.78, 5) is 25.4. The third kappa shape index (κ3) is 4.23. The van der Waals surface area contributed by atoms with Gasteiger partial charge in [-0.05, 0) is 61.7 Å². The summed E-state index contributed by atoms with van der Waals surface area (Å²) in [6.07, 6.45) is 5.06. The fourth-order valence-corrected chi connectivity index (χ4v) is 4.78. The molecule has 4 N–H and O–H groups in total. The lowest BCUT2D eigenvalue weighted by atomic mass is 10.1. The number of carbonyl (C=O) groups is 2. The summed E-state index contributed by atoms with van der Waals surface area (Å²) in [5.41, 5.74) is 7.51. The van der Waals surface area contributed by atoms with E-state index in [9.17, 15) is 9.59 Å². The van der Waals surface area contributed by atoms with Gasteiger partial charge in [0.05, 0.1) is 5.56 Å². The summed E-state index contributed by atoms with van der Waals surface area (Å²) < 4.78 is 0.